The van der Waals surface area contributed by atoms with Gasteiger partial charge < -0.3 is 8.83 Å². The highest BCUT2D eigenvalue weighted by molar-refractivity contribution is 6.08. The molecule has 0 spiro atoms. The number of carbonyl (C=O) groups excluding carboxylic acids is 2. The van der Waals surface area contributed by atoms with E-state index in [1.54, 1.807) is 48.5 Å². The second-order valence-corrected chi connectivity index (χ2v) is 8.64. The van der Waals surface area contributed by atoms with Gasteiger partial charge in [0, 0.05) is 21.5 Å². The van der Waals surface area contributed by atoms with Gasteiger partial charge in [-0.15, -0.1) is 0 Å². The second kappa shape index (κ2) is 9.48. The molecule has 0 amide bonds. The van der Waals surface area contributed by atoms with Crippen molar-refractivity contribution in [1.29, 1.82) is 0 Å². The number of rotatable bonds is 2. The monoisotopic (exact) mass is 512 g/mol. The Hall–Kier alpha value is -4.98. The standard InChI is InChI=1S/2C15H9FO3/c2*1-8(17)11-7-14-12(6-13(11)16)9-4-2-3-5-10(9)15(18)19-14/h2*2-7H,1H3. The highest BCUT2D eigenvalue weighted by Gasteiger charge is 2.15. The van der Waals surface area contributed by atoms with E-state index in [-0.39, 0.29) is 22.3 Å². The van der Waals surface area contributed by atoms with E-state index in [1.807, 2.05) is 0 Å². The van der Waals surface area contributed by atoms with Gasteiger partial charge in [-0.25, -0.2) is 18.4 Å². The third kappa shape index (κ3) is 4.26. The van der Waals surface area contributed by atoms with E-state index in [0.29, 0.717) is 32.3 Å². The highest BCUT2D eigenvalue weighted by atomic mass is 19.1. The molecule has 2 heterocycles. The van der Waals surface area contributed by atoms with Crippen LogP contribution in [0.5, 0.6) is 0 Å². The summed E-state index contributed by atoms with van der Waals surface area (Å²) in [5.74, 6) is -2.04. The predicted octanol–water partition coefficient (Wildman–Crippen LogP) is 6.58. The van der Waals surface area contributed by atoms with Crippen LogP contribution in [0.3, 0.4) is 0 Å². The van der Waals surface area contributed by atoms with Gasteiger partial charge in [-0.1, -0.05) is 36.4 Å². The van der Waals surface area contributed by atoms with Gasteiger partial charge in [-0.05, 0) is 50.2 Å². The number of halogens is 2. The van der Waals surface area contributed by atoms with Gasteiger partial charge >= 0.3 is 11.3 Å². The van der Waals surface area contributed by atoms with Crippen LogP contribution in [-0.2, 0) is 0 Å². The maximum Gasteiger partial charge on any atom is 0.344 e. The molecule has 6 nitrogen and oxygen atoms in total. The van der Waals surface area contributed by atoms with Crippen molar-refractivity contribution in [2.75, 3.05) is 0 Å². The van der Waals surface area contributed by atoms with Crippen molar-refractivity contribution in [3.05, 3.63) is 116 Å². The van der Waals surface area contributed by atoms with Crippen molar-refractivity contribution >= 4 is 55.0 Å². The summed E-state index contributed by atoms with van der Waals surface area (Å²) < 4.78 is 38.0. The van der Waals surface area contributed by atoms with Gasteiger partial charge in [0.15, 0.2) is 11.6 Å². The normalized spacial score (nSPS) is 11.1. The van der Waals surface area contributed by atoms with E-state index < -0.39 is 34.5 Å². The number of ketones is 2. The first kappa shape index (κ1) is 24.7. The van der Waals surface area contributed by atoms with Crippen molar-refractivity contribution in [1.82, 2.24) is 0 Å². The number of carbonyl (C=O) groups is 2. The van der Waals surface area contributed by atoms with Crippen LogP contribution in [-0.4, -0.2) is 11.6 Å². The minimum Gasteiger partial charge on any atom is -0.422 e. The van der Waals surface area contributed by atoms with Crippen molar-refractivity contribution in [3.8, 4) is 0 Å². The smallest absolute Gasteiger partial charge is 0.344 e. The van der Waals surface area contributed by atoms with E-state index in [2.05, 4.69) is 0 Å². The molecule has 0 saturated carbocycles. The summed E-state index contributed by atoms with van der Waals surface area (Å²) in [6.45, 7) is 2.53. The molecule has 0 atom stereocenters. The number of Topliss-reactive ketones (excluding diaryl/α,β-unsaturated/α-hetero) is 2. The molecule has 0 aliphatic heterocycles. The SMILES string of the molecule is CC(=O)c1cc2oc(=O)c3ccccc3c2cc1F.CC(=O)c1cc2oc(=O)c3ccccc3c2cc1F. The molecule has 2 aromatic heterocycles. The van der Waals surface area contributed by atoms with Crippen LogP contribution in [0.1, 0.15) is 34.6 Å². The fourth-order valence-corrected chi connectivity index (χ4v) is 4.34. The van der Waals surface area contributed by atoms with Crippen molar-refractivity contribution in [2.45, 2.75) is 13.8 Å². The molecule has 0 aliphatic carbocycles. The molecule has 0 unspecified atom stereocenters. The van der Waals surface area contributed by atoms with Crippen LogP contribution in [0.2, 0.25) is 0 Å². The summed E-state index contributed by atoms with van der Waals surface area (Å²) in [6, 6.07) is 18.7. The molecular weight excluding hydrogens is 494 g/mol. The Balaban J connectivity index is 0.000000155. The van der Waals surface area contributed by atoms with E-state index >= 15 is 0 Å². The molecule has 0 aliphatic rings. The third-order valence-corrected chi connectivity index (χ3v) is 6.18. The first-order valence-electron chi connectivity index (χ1n) is 11.5. The fourth-order valence-electron chi connectivity index (χ4n) is 4.34. The Morgan fingerprint density at radius 1 is 0.553 bits per heavy atom. The van der Waals surface area contributed by atoms with Gasteiger partial charge in [0.2, 0.25) is 0 Å². The van der Waals surface area contributed by atoms with Crippen LogP contribution < -0.4 is 11.3 Å². The Bertz CT molecular complexity index is 1900. The predicted molar refractivity (Wildman–Crippen MR) is 140 cm³/mol. The van der Waals surface area contributed by atoms with Crippen LogP contribution in [0, 0.1) is 11.6 Å². The van der Waals surface area contributed by atoms with E-state index in [4.69, 9.17) is 8.83 Å². The molecule has 0 bridgehead atoms. The number of hydrogen-bond acceptors (Lipinski definition) is 6. The van der Waals surface area contributed by atoms with Crippen LogP contribution >= 0.6 is 0 Å². The van der Waals surface area contributed by atoms with Gasteiger partial charge in [0.05, 0.1) is 21.9 Å². The van der Waals surface area contributed by atoms with Gasteiger partial charge in [0.25, 0.3) is 0 Å². The third-order valence-electron chi connectivity index (χ3n) is 6.18. The van der Waals surface area contributed by atoms with Gasteiger partial charge in [0.1, 0.15) is 22.8 Å². The quantitative estimate of drug-likeness (QED) is 0.148. The molecule has 38 heavy (non-hydrogen) atoms. The maximum absolute atomic E-state index is 13.9. The summed E-state index contributed by atoms with van der Waals surface area (Å²) in [5, 5.41) is 2.98. The second-order valence-electron chi connectivity index (χ2n) is 8.64. The van der Waals surface area contributed by atoms with Crippen LogP contribution in [0.4, 0.5) is 8.78 Å². The van der Waals surface area contributed by atoms with E-state index in [0.717, 1.165) is 0 Å². The summed E-state index contributed by atoms with van der Waals surface area (Å²) in [6.07, 6.45) is 0. The lowest BCUT2D eigenvalue weighted by molar-refractivity contribution is 0.100. The summed E-state index contributed by atoms with van der Waals surface area (Å²) in [7, 11) is 0. The zero-order valence-electron chi connectivity index (χ0n) is 20.1. The molecule has 0 fully saturated rings. The van der Waals surface area contributed by atoms with Crippen molar-refractivity contribution in [3.63, 3.8) is 0 Å². The minimum atomic E-state index is -0.612. The first-order chi connectivity index (χ1) is 18.2. The summed E-state index contributed by atoms with van der Waals surface area (Å²) in [5.41, 5.74) is -0.712. The Kier molecular flexibility index (Phi) is 6.16. The topological polar surface area (TPSA) is 94.6 Å². The van der Waals surface area contributed by atoms with Crippen molar-refractivity contribution in [2.24, 2.45) is 0 Å². The molecule has 6 rings (SSSR count). The summed E-state index contributed by atoms with van der Waals surface area (Å²) in [4.78, 5) is 46.2. The Morgan fingerprint density at radius 2 is 0.895 bits per heavy atom. The zero-order valence-corrected chi connectivity index (χ0v) is 20.1. The maximum atomic E-state index is 13.9. The van der Waals surface area contributed by atoms with E-state index in [9.17, 15) is 28.0 Å². The van der Waals surface area contributed by atoms with Crippen LogP contribution in [0.25, 0.3) is 43.5 Å². The Labute approximate surface area is 212 Å². The molecule has 8 heteroatoms. The molecule has 188 valence electrons. The fraction of sp³-hybridized carbons (Fsp3) is 0.0667. The van der Waals surface area contributed by atoms with Gasteiger partial charge in [-0.2, -0.15) is 0 Å². The van der Waals surface area contributed by atoms with Crippen LogP contribution in [0.15, 0.2) is 91.2 Å². The highest BCUT2D eigenvalue weighted by Crippen LogP contribution is 2.27. The lowest BCUT2D eigenvalue weighted by Gasteiger charge is -2.05. The number of hydrogen-bond donors (Lipinski definition) is 0. The largest absolute Gasteiger partial charge is 0.422 e. The van der Waals surface area contributed by atoms with E-state index in [1.165, 1.54) is 38.1 Å². The molecule has 0 saturated heterocycles. The first-order valence-corrected chi connectivity index (χ1v) is 11.5. The lowest BCUT2D eigenvalue weighted by atomic mass is 10.0. The average Bonchev–Trinajstić information content (AvgIpc) is 2.89. The number of fused-ring (bicyclic) bond motifs is 6. The van der Waals surface area contributed by atoms with Crippen molar-refractivity contribution < 1.29 is 27.2 Å². The molecular formula is C30H18F2O6. The molecule has 4 aromatic carbocycles. The minimum absolute atomic E-state index is 0.0778. The van der Waals surface area contributed by atoms with Gasteiger partial charge in [-0.3, -0.25) is 9.59 Å². The number of benzene rings is 4. The molecule has 6 aromatic rings. The Morgan fingerprint density at radius 3 is 1.24 bits per heavy atom. The lowest BCUT2D eigenvalue weighted by Crippen LogP contribution is -2.02. The molecule has 0 radical (unpaired) electrons. The average molecular weight is 512 g/mol. The summed E-state index contributed by atoms with van der Waals surface area (Å²) >= 11 is 0. The molecule has 0 N–H and O–H groups in total. The zero-order chi connectivity index (χ0) is 27.1.